The molecule has 0 radical (unpaired) electrons. The fraction of sp³-hybridized carbons (Fsp3) is 0. The first-order valence-electron chi connectivity index (χ1n) is 6.29. The van der Waals surface area contributed by atoms with E-state index in [1.54, 1.807) is 0 Å². The molecule has 3 aromatic carbocycles. The largest absolute Gasteiger partial charge is 0.398 e. The first-order chi connectivity index (χ1) is 9.27. The zero-order valence-electron chi connectivity index (χ0n) is 10.6. The van der Waals surface area contributed by atoms with Crippen molar-refractivity contribution in [2.45, 2.75) is 0 Å². The average molecular weight is 245 g/mol. The van der Waals surface area contributed by atoms with Gasteiger partial charge < -0.3 is 5.73 Å². The number of benzene rings is 3. The Balaban J connectivity index is 2.16. The van der Waals surface area contributed by atoms with E-state index in [-0.39, 0.29) is 0 Å². The van der Waals surface area contributed by atoms with Crippen molar-refractivity contribution in [3.8, 4) is 0 Å². The van der Waals surface area contributed by atoms with Crippen LogP contribution >= 0.6 is 0 Å². The molecule has 0 bridgehead atoms. The van der Waals surface area contributed by atoms with Crippen molar-refractivity contribution in [1.82, 2.24) is 0 Å². The Labute approximate surface area is 113 Å². The fourth-order valence-corrected chi connectivity index (χ4v) is 2.35. The molecule has 19 heavy (non-hydrogen) atoms. The van der Waals surface area contributed by atoms with E-state index in [2.05, 4.69) is 30.8 Å². The molecule has 0 aliphatic heterocycles. The third-order valence-corrected chi connectivity index (χ3v) is 3.42. The van der Waals surface area contributed by atoms with E-state index in [4.69, 9.17) is 5.73 Å². The number of hydrogen-bond acceptors (Lipinski definition) is 1. The Kier molecular flexibility index (Phi) is 2.81. The van der Waals surface area contributed by atoms with Gasteiger partial charge >= 0.3 is 0 Å². The summed E-state index contributed by atoms with van der Waals surface area (Å²) in [7, 11) is 0. The molecule has 3 aromatic rings. The van der Waals surface area contributed by atoms with Crippen LogP contribution in [0.2, 0.25) is 0 Å². The minimum Gasteiger partial charge on any atom is -0.398 e. The van der Waals surface area contributed by atoms with Gasteiger partial charge in [-0.05, 0) is 16.5 Å². The molecule has 0 saturated carbocycles. The second kappa shape index (κ2) is 4.62. The summed E-state index contributed by atoms with van der Waals surface area (Å²) in [5, 5.41) is 2.24. The van der Waals surface area contributed by atoms with Crippen LogP contribution in [0.25, 0.3) is 16.3 Å². The van der Waals surface area contributed by atoms with Gasteiger partial charge in [-0.1, -0.05) is 73.3 Å². The molecule has 92 valence electrons. The molecule has 0 aromatic heterocycles. The van der Waals surface area contributed by atoms with Crippen LogP contribution in [-0.4, -0.2) is 0 Å². The molecule has 0 aliphatic carbocycles. The van der Waals surface area contributed by atoms with Gasteiger partial charge in [-0.2, -0.15) is 0 Å². The predicted octanol–water partition coefficient (Wildman–Crippen LogP) is 4.48. The van der Waals surface area contributed by atoms with Crippen molar-refractivity contribution in [3.05, 3.63) is 84.4 Å². The minimum absolute atomic E-state index is 0.798. The number of nitrogens with two attached hydrogens (primary N) is 1. The summed E-state index contributed by atoms with van der Waals surface area (Å²) in [5.74, 6) is 0. The fourth-order valence-electron chi connectivity index (χ4n) is 2.35. The molecule has 0 saturated heterocycles. The highest BCUT2D eigenvalue weighted by molar-refractivity contribution is 6.00. The van der Waals surface area contributed by atoms with Gasteiger partial charge in [0.05, 0.1) is 0 Å². The Hall–Kier alpha value is -2.54. The van der Waals surface area contributed by atoms with Gasteiger partial charge in [0.2, 0.25) is 0 Å². The van der Waals surface area contributed by atoms with Gasteiger partial charge in [0.1, 0.15) is 0 Å². The van der Waals surface area contributed by atoms with E-state index in [0.717, 1.165) is 33.2 Å². The molecule has 0 amide bonds. The van der Waals surface area contributed by atoms with Crippen LogP contribution in [0.4, 0.5) is 5.69 Å². The van der Waals surface area contributed by atoms with Crippen molar-refractivity contribution in [2.75, 3.05) is 5.73 Å². The molecule has 2 N–H and O–H groups in total. The quantitative estimate of drug-likeness (QED) is 0.662. The van der Waals surface area contributed by atoms with Crippen LogP contribution < -0.4 is 5.73 Å². The second-order valence-electron chi connectivity index (χ2n) is 4.59. The van der Waals surface area contributed by atoms with E-state index in [1.165, 1.54) is 0 Å². The highest BCUT2D eigenvalue weighted by atomic mass is 14.6. The summed E-state index contributed by atoms with van der Waals surface area (Å²) < 4.78 is 0. The van der Waals surface area contributed by atoms with E-state index in [0.29, 0.717) is 0 Å². The van der Waals surface area contributed by atoms with Gasteiger partial charge in [0, 0.05) is 16.6 Å². The van der Waals surface area contributed by atoms with Gasteiger partial charge in [0.15, 0.2) is 0 Å². The molecule has 0 fully saturated rings. The zero-order chi connectivity index (χ0) is 13.2. The molecule has 1 heteroatoms. The molecule has 1 nitrogen and oxygen atoms in total. The van der Waals surface area contributed by atoms with Gasteiger partial charge in [-0.15, -0.1) is 0 Å². The van der Waals surface area contributed by atoms with Crippen LogP contribution in [0.5, 0.6) is 0 Å². The Bertz CT molecular complexity index is 742. The molecule has 0 spiro atoms. The summed E-state index contributed by atoms with van der Waals surface area (Å²) in [6, 6.07) is 22.4. The number of rotatable bonds is 2. The predicted molar refractivity (Wildman–Crippen MR) is 82.9 cm³/mol. The van der Waals surface area contributed by atoms with Crippen LogP contribution in [0.15, 0.2) is 73.3 Å². The van der Waals surface area contributed by atoms with Crippen molar-refractivity contribution in [1.29, 1.82) is 0 Å². The summed E-state index contributed by atoms with van der Waals surface area (Å²) >= 11 is 0. The topological polar surface area (TPSA) is 26.0 Å². The molecular formula is C18H15N. The van der Waals surface area contributed by atoms with E-state index >= 15 is 0 Å². The first-order valence-corrected chi connectivity index (χ1v) is 6.29. The van der Waals surface area contributed by atoms with Crippen LogP contribution in [-0.2, 0) is 0 Å². The smallest absolute Gasteiger partial charge is 0.0473 e. The zero-order valence-corrected chi connectivity index (χ0v) is 10.6. The Morgan fingerprint density at radius 2 is 1.47 bits per heavy atom. The van der Waals surface area contributed by atoms with E-state index in [1.807, 2.05) is 42.5 Å². The number of anilines is 1. The highest BCUT2D eigenvalue weighted by Crippen LogP contribution is 2.31. The molecule has 0 aliphatic rings. The molecular weight excluding hydrogens is 230 g/mol. The summed E-state index contributed by atoms with van der Waals surface area (Å²) in [5.41, 5.74) is 10.2. The third kappa shape index (κ3) is 2.00. The Morgan fingerprint density at radius 1 is 0.789 bits per heavy atom. The van der Waals surface area contributed by atoms with Crippen molar-refractivity contribution < 1.29 is 0 Å². The molecule has 3 rings (SSSR count). The lowest BCUT2D eigenvalue weighted by Crippen LogP contribution is -1.95. The van der Waals surface area contributed by atoms with Crippen molar-refractivity contribution in [2.24, 2.45) is 0 Å². The molecule has 0 unspecified atom stereocenters. The van der Waals surface area contributed by atoms with Crippen LogP contribution in [0, 0.1) is 0 Å². The standard InChI is InChI=1S/C18H15N/c1-13(14-7-3-2-4-8-14)16-12-11-15-9-5-6-10-17(15)18(16)19/h2-12H,1,19H2. The summed E-state index contributed by atoms with van der Waals surface area (Å²) in [6.45, 7) is 4.18. The SMILES string of the molecule is C=C(c1ccccc1)c1ccc2ccccc2c1N. The lowest BCUT2D eigenvalue weighted by Gasteiger charge is -2.12. The lowest BCUT2D eigenvalue weighted by molar-refractivity contribution is 1.57. The van der Waals surface area contributed by atoms with Gasteiger partial charge in [-0.3, -0.25) is 0 Å². The number of hydrogen-bond donors (Lipinski definition) is 1. The number of fused-ring (bicyclic) bond motifs is 1. The summed E-state index contributed by atoms with van der Waals surface area (Å²) in [6.07, 6.45) is 0. The van der Waals surface area contributed by atoms with E-state index in [9.17, 15) is 0 Å². The van der Waals surface area contributed by atoms with Gasteiger partial charge in [0.25, 0.3) is 0 Å². The monoisotopic (exact) mass is 245 g/mol. The Morgan fingerprint density at radius 3 is 2.26 bits per heavy atom. The normalized spacial score (nSPS) is 10.5. The second-order valence-corrected chi connectivity index (χ2v) is 4.59. The van der Waals surface area contributed by atoms with Crippen LogP contribution in [0.3, 0.4) is 0 Å². The average Bonchev–Trinajstić information content (AvgIpc) is 2.48. The first kappa shape index (κ1) is 11.5. The van der Waals surface area contributed by atoms with Crippen molar-refractivity contribution >= 4 is 22.0 Å². The third-order valence-electron chi connectivity index (χ3n) is 3.42. The molecule has 0 atom stereocenters. The molecule has 0 heterocycles. The van der Waals surface area contributed by atoms with E-state index < -0.39 is 0 Å². The van der Waals surface area contributed by atoms with Crippen LogP contribution in [0.1, 0.15) is 11.1 Å². The van der Waals surface area contributed by atoms with Gasteiger partial charge in [-0.25, -0.2) is 0 Å². The minimum atomic E-state index is 0.798. The summed E-state index contributed by atoms with van der Waals surface area (Å²) in [4.78, 5) is 0. The van der Waals surface area contributed by atoms with Crippen molar-refractivity contribution in [3.63, 3.8) is 0 Å². The lowest BCUT2D eigenvalue weighted by atomic mass is 9.95. The maximum Gasteiger partial charge on any atom is 0.0473 e. The number of nitrogen functional groups attached to an aromatic ring is 1. The highest BCUT2D eigenvalue weighted by Gasteiger charge is 2.08. The maximum atomic E-state index is 6.30. The maximum absolute atomic E-state index is 6.30.